The minimum absolute atomic E-state index is 0.0546. The van der Waals surface area contributed by atoms with E-state index in [0.717, 1.165) is 24.3 Å². The van der Waals surface area contributed by atoms with E-state index >= 15 is 0 Å². The second-order valence-electron chi connectivity index (χ2n) is 4.63. The number of hydrogen-bond acceptors (Lipinski definition) is 3. The van der Waals surface area contributed by atoms with E-state index < -0.39 is 6.04 Å². The predicted octanol–water partition coefficient (Wildman–Crippen LogP) is 1.01. The number of carbonyl (C=O) groups excluding carboxylic acids is 2. The summed E-state index contributed by atoms with van der Waals surface area (Å²) in [5, 5.41) is 8.74. The van der Waals surface area contributed by atoms with E-state index in [0.29, 0.717) is 12.8 Å². The monoisotopic (exact) mass is 261 g/mol. The largest absolute Gasteiger partial charge is 0.344 e. The second-order valence-corrected chi connectivity index (χ2v) is 4.63. The fourth-order valence-corrected chi connectivity index (χ4v) is 2.07. The maximum absolute atomic E-state index is 11.9. The van der Waals surface area contributed by atoms with Gasteiger partial charge in [0.2, 0.25) is 11.8 Å². The molecule has 5 nitrogen and oxygen atoms in total. The fourth-order valence-electron chi connectivity index (χ4n) is 2.07. The molecule has 1 atom stereocenters. The summed E-state index contributed by atoms with van der Waals surface area (Å²) in [6.45, 7) is 3.74. The number of nitrogens with one attached hydrogen (secondary N) is 3. The van der Waals surface area contributed by atoms with E-state index in [-0.39, 0.29) is 11.8 Å². The zero-order valence-electron chi connectivity index (χ0n) is 11.0. The summed E-state index contributed by atoms with van der Waals surface area (Å²) in [4.78, 5) is 23.0. The zero-order chi connectivity index (χ0) is 13.7. The topological polar surface area (TPSA) is 70.2 Å². The van der Waals surface area contributed by atoms with Gasteiger partial charge in [-0.2, -0.15) is 0 Å². The molecule has 1 fully saturated rings. The van der Waals surface area contributed by atoms with E-state index in [9.17, 15) is 9.59 Å². The molecule has 0 radical (unpaired) electrons. The molecule has 0 aliphatic carbocycles. The van der Waals surface area contributed by atoms with E-state index in [1.807, 2.05) is 24.3 Å². The number of anilines is 1. The highest BCUT2D eigenvalue weighted by Gasteiger charge is 2.26. The Labute approximate surface area is 112 Å². The first-order valence-electron chi connectivity index (χ1n) is 6.59. The molecule has 19 heavy (non-hydrogen) atoms. The SMILES string of the molecule is CCNCc1cccc(NC(=O)[C@H]2CCC(=O)N2)c1. The van der Waals surface area contributed by atoms with Crippen LogP contribution in [0.15, 0.2) is 24.3 Å². The molecule has 1 aliphatic heterocycles. The van der Waals surface area contributed by atoms with Gasteiger partial charge in [-0.1, -0.05) is 19.1 Å². The van der Waals surface area contributed by atoms with E-state index in [1.165, 1.54) is 0 Å². The van der Waals surface area contributed by atoms with Crippen molar-refractivity contribution in [3.63, 3.8) is 0 Å². The molecule has 1 saturated heterocycles. The lowest BCUT2D eigenvalue weighted by atomic mass is 10.1. The highest BCUT2D eigenvalue weighted by atomic mass is 16.2. The van der Waals surface area contributed by atoms with Crippen LogP contribution in [0.4, 0.5) is 5.69 Å². The highest BCUT2D eigenvalue weighted by molar-refractivity contribution is 5.98. The molecule has 0 saturated carbocycles. The molecule has 3 N–H and O–H groups in total. The maximum atomic E-state index is 11.9. The Morgan fingerprint density at radius 3 is 3.00 bits per heavy atom. The van der Waals surface area contributed by atoms with Crippen LogP contribution in [0.5, 0.6) is 0 Å². The molecule has 1 aromatic rings. The van der Waals surface area contributed by atoms with Crippen LogP contribution >= 0.6 is 0 Å². The summed E-state index contributed by atoms with van der Waals surface area (Å²) in [6, 6.07) is 7.32. The van der Waals surface area contributed by atoms with Gasteiger partial charge in [0.05, 0.1) is 0 Å². The molecule has 102 valence electrons. The Balaban J connectivity index is 1.94. The molecule has 5 heteroatoms. The summed E-state index contributed by atoms with van der Waals surface area (Å²) in [5.41, 5.74) is 1.89. The van der Waals surface area contributed by atoms with Gasteiger partial charge in [0.1, 0.15) is 6.04 Å². The molecule has 2 rings (SSSR count). The van der Waals surface area contributed by atoms with Crippen LogP contribution in [-0.4, -0.2) is 24.4 Å². The van der Waals surface area contributed by atoms with Crippen molar-refractivity contribution in [3.8, 4) is 0 Å². The van der Waals surface area contributed by atoms with Crippen LogP contribution in [0, 0.1) is 0 Å². The second kappa shape index (κ2) is 6.33. The van der Waals surface area contributed by atoms with Gasteiger partial charge in [-0.25, -0.2) is 0 Å². The Hall–Kier alpha value is -1.88. The standard InChI is InChI=1S/C14H19N3O2/c1-2-15-9-10-4-3-5-11(8-10)16-14(19)12-6-7-13(18)17-12/h3-5,8,12,15H,2,6-7,9H2,1H3,(H,16,19)(H,17,18)/t12-/m1/s1. The lowest BCUT2D eigenvalue weighted by Gasteiger charge is -2.12. The van der Waals surface area contributed by atoms with Crippen LogP contribution < -0.4 is 16.0 Å². The molecule has 1 heterocycles. The van der Waals surface area contributed by atoms with Crippen molar-refractivity contribution < 1.29 is 9.59 Å². The Kier molecular flexibility index (Phi) is 4.52. The van der Waals surface area contributed by atoms with Crippen molar-refractivity contribution in [1.82, 2.24) is 10.6 Å². The number of amides is 2. The van der Waals surface area contributed by atoms with Crippen molar-refractivity contribution in [2.45, 2.75) is 32.4 Å². The Bertz CT molecular complexity index is 474. The average Bonchev–Trinajstić information content (AvgIpc) is 2.83. The van der Waals surface area contributed by atoms with Crippen LogP contribution in [-0.2, 0) is 16.1 Å². The van der Waals surface area contributed by atoms with Gasteiger partial charge in [0.15, 0.2) is 0 Å². The van der Waals surface area contributed by atoms with Gasteiger partial charge in [-0.15, -0.1) is 0 Å². The van der Waals surface area contributed by atoms with E-state index in [4.69, 9.17) is 0 Å². The average molecular weight is 261 g/mol. The van der Waals surface area contributed by atoms with Gasteiger partial charge < -0.3 is 16.0 Å². The molecule has 0 unspecified atom stereocenters. The minimum Gasteiger partial charge on any atom is -0.344 e. The summed E-state index contributed by atoms with van der Waals surface area (Å²) in [5.74, 6) is -0.201. The first kappa shape index (κ1) is 13.5. The summed E-state index contributed by atoms with van der Waals surface area (Å²) >= 11 is 0. The summed E-state index contributed by atoms with van der Waals surface area (Å²) < 4.78 is 0. The van der Waals surface area contributed by atoms with Crippen molar-refractivity contribution in [2.24, 2.45) is 0 Å². The van der Waals surface area contributed by atoms with Gasteiger partial charge in [0, 0.05) is 18.7 Å². The fraction of sp³-hybridized carbons (Fsp3) is 0.429. The molecular weight excluding hydrogens is 242 g/mol. The third kappa shape index (κ3) is 3.79. The van der Waals surface area contributed by atoms with Crippen molar-refractivity contribution in [3.05, 3.63) is 29.8 Å². The predicted molar refractivity (Wildman–Crippen MR) is 73.6 cm³/mol. The summed E-state index contributed by atoms with van der Waals surface area (Å²) in [7, 11) is 0. The van der Waals surface area contributed by atoms with Crippen LogP contribution in [0.3, 0.4) is 0 Å². The molecule has 0 aromatic heterocycles. The van der Waals surface area contributed by atoms with Crippen LogP contribution in [0.2, 0.25) is 0 Å². The van der Waals surface area contributed by atoms with Gasteiger partial charge in [-0.05, 0) is 30.7 Å². The van der Waals surface area contributed by atoms with Crippen LogP contribution in [0.1, 0.15) is 25.3 Å². The number of hydrogen-bond donors (Lipinski definition) is 3. The van der Waals surface area contributed by atoms with Gasteiger partial charge in [-0.3, -0.25) is 9.59 Å². The molecule has 0 spiro atoms. The molecule has 0 bridgehead atoms. The van der Waals surface area contributed by atoms with E-state index in [1.54, 1.807) is 0 Å². The first-order valence-corrected chi connectivity index (χ1v) is 6.59. The number of benzene rings is 1. The normalized spacial score (nSPS) is 18.2. The molecule has 2 amide bonds. The van der Waals surface area contributed by atoms with Gasteiger partial charge in [0.25, 0.3) is 0 Å². The quantitative estimate of drug-likeness (QED) is 0.741. The zero-order valence-corrected chi connectivity index (χ0v) is 11.0. The maximum Gasteiger partial charge on any atom is 0.246 e. The molecule has 1 aliphatic rings. The summed E-state index contributed by atoms with van der Waals surface area (Å²) in [6.07, 6.45) is 1.00. The minimum atomic E-state index is -0.398. The smallest absolute Gasteiger partial charge is 0.246 e. The third-order valence-corrected chi connectivity index (χ3v) is 3.09. The van der Waals surface area contributed by atoms with Crippen molar-refractivity contribution >= 4 is 17.5 Å². The molecule has 1 aromatic carbocycles. The lowest BCUT2D eigenvalue weighted by Crippen LogP contribution is -2.37. The Morgan fingerprint density at radius 2 is 2.32 bits per heavy atom. The Morgan fingerprint density at radius 1 is 1.47 bits per heavy atom. The van der Waals surface area contributed by atoms with Crippen LogP contribution in [0.25, 0.3) is 0 Å². The highest BCUT2D eigenvalue weighted by Crippen LogP contribution is 2.13. The number of carbonyl (C=O) groups is 2. The van der Waals surface area contributed by atoms with Crippen molar-refractivity contribution in [2.75, 3.05) is 11.9 Å². The van der Waals surface area contributed by atoms with Crippen molar-refractivity contribution in [1.29, 1.82) is 0 Å². The number of rotatable bonds is 5. The molecular formula is C14H19N3O2. The lowest BCUT2D eigenvalue weighted by molar-refractivity contribution is -0.122. The first-order chi connectivity index (χ1) is 9.19. The van der Waals surface area contributed by atoms with Gasteiger partial charge >= 0.3 is 0 Å². The van der Waals surface area contributed by atoms with E-state index in [2.05, 4.69) is 22.9 Å². The third-order valence-electron chi connectivity index (χ3n) is 3.09.